The number of anilines is 1. The summed E-state index contributed by atoms with van der Waals surface area (Å²) in [6.45, 7) is 2.10. The molecule has 0 radical (unpaired) electrons. The van der Waals surface area contributed by atoms with E-state index in [2.05, 4.69) is 15.5 Å². The summed E-state index contributed by atoms with van der Waals surface area (Å²) in [5, 5.41) is 11.7. The van der Waals surface area contributed by atoms with E-state index >= 15 is 0 Å². The molecule has 0 aliphatic heterocycles. The fourth-order valence-corrected chi connectivity index (χ4v) is 3.10. The van der Waals surface area contributed by atoms with E-state index in [1.54, 1.807) is 68.7 Å². The van der Waals surface area contributed by atoms with Gasteiger partial charge in [0.1, 0.15) is 5.75 Å². The molecule has 0 saturated carbocycles. The lowest BCUT2D eigenvalue weighted by molar-refractivity contribution is 0.0728. The monoisotopic (exact) mass is 417 g/mol. The second kappa shape index (κ2) is 8.23. The lowest BCUT2D eigenvalue weighted by Crippen LogP contribution is -2.26. The Kier molecular flexibility index (Phi) is 5.31. The first-order valence-corrected chi connectivity index (χ1v) is 9.58. The number of fused-ring (bicyclic) bond motifs is 1. The van der Waals surface area contributed by atoms with Crippen LogP contribution in [0.2, 0.25) is 0 Å². The molecule has 1 amide bonds. The summed E-state index contributed by atoms with van der Waals surface area (Å²) < 4.78 is 8.22. The van der Waals surface area contributed by atoms with Gasteiger partial charge in [0.05, 0.1) is 17.1 Å². The van der Waals surface area contributed by atoms with Crippen LogP contribution in [0.5, 0.6) is 5.75 Å². The Balaban J connectivity index is 1.54. The van der Waals surface area contributed by atoms with Crippen molar-refractivity contribution in [1.82, 2.24) is 19.6 Å². The van der Waals surface area contributed by atoms with Gasteiger partial charge >= 0.3 is 5.97 Å². The molecule has 4 aromatic rings. The number of nitrogens with zero attached hydrogens (tertiary/aromatic N) is 4. The molecule has 0 atom stereocenters. The summed E-state index contributed by atoms with van der Waals surface area (Å²) >= 11 is 0. The second-order valence-electron chi connectivity index (χ2n) is 6.79. The van der Waals surface area contributed by atoms with Crippen LogP contribution in [0.15, 0.2) is 65.7 Å². The van der Waals surface area contributed by atoms with E-state index in [4.69, 9.17) is 4.74 Å². The van der Waals surface area contributed by atoms with Crippen molar-refractivity contribution in [1.29, 1.82) is 0 Å². The number of carbonyl (C=O) groups is 2. The third-order valence-corrected chi connectivity index (χ3v) is 4.65. The molecule has 2 aromatic carbocycles. The maximum absolute atomic E-state index is 12.8. The summed E-state index contributed by atoms with van der Waals surface area (Å²) in [5.74, 6) is -0.689. The SMILES string of the molecule is CCn1nc(C(=O)Oc2ccc(NC(=O)c3cnn(C)c3)cc2)c2ccccc2c1=O. The summed E-state index contributed by atoms with van der Waals surface area (Å²) in [5.41, 5.74) is 0.771. The Labute approximate surface area is 176 Å². The Morgan fingerprint density at radius 3 is 2.42 bits per heavy atom. The Bertz CT molecular complexity index is 1340. The molecule has 31 heavy (non-hydrogen) atoms. The Morgan fingerprint density at radius 2 is 1.77 bits per heavy atom. The largest absolute Gasteiger partial charge is 0.422 e. The number of hydrogen-bond donors (Lipinski definition) is 1. The Hall–Kier alpha value is -4.27. The van der Waals surface area contributed by atoms with Gasteiger partial charge in [-0.25, -0.2) is 9.48 Å². The van der Waals surface area contributed by atoms with Crippen LogP contribution in [0, 0.1) is 0 Å². The molecule has 156 valence electrons. The average molecular weight is 417 g/mol. The number of amides is 1. The van der Waals surface area contributed by atoms with Crippen molar-refractivity contribution in [2.75, 3.05) is 5.32 Å². The van der Waals surface area contributed by atoms with Crippen molar-refractivity contribution in [3.05, 3.63) is 82.5 Å². The minimum absolute atomic E-state index is 0.0611. The van der Waals surface area contributed by atoms with E-state index in [1.165, 1.54) is 15.6 Å². The van der Waals surface area contributed by atoms with Crippen molar-refractivity contribution >= 4 is 28.3 Å². The molecular weight excluding hydrogens is 398 g/mol. The fourth-order valence-electron chi connectivity index (χ4n) is 3.10. The predicted molar refractivity (Wildman–Crippen MR) is 114 cm³/mol. The molecule has 0 bridgehead atoms. The van der Waals surface area contributed by atoms with Gasteiger partial charge in [-0.15, -0.1) is 0 Å². The highest BCUT2D eigenvalue weighted by molar-refractivity contribution is 6.04. The normalized spacial score (nSPS) is 10.8. The zero-order valence-corrected chi connectivity index (χ0v) is 16.9. The zero-order valence-electron chi connectivity index (χ0n) is 16.9. The summed E-state index contributed by atoms with van der Waals surface area (Å²) in [4.78, 5) is 37.4. The quantitative estimate of drug-likeness (QED) is 0.395. The second-order valence-corrected chi connectivity index (χ2v) is 6.79. The van der Waals surface area contributed by atoms with Gasteiger partial charge < -0.3 is 10.1 Å². The first kappa shape index (κ1) is 20.0. The Morgan fingerprint density at radius 1 is 1.06 bits per heavy atom. The number of rotatable bonds is 5. The first-order chi connectivity index (χ1) is 15.0. The van der Waals surface area contributed by atoms with Crippen molar-refractivity contribution in [2.45, 2.75) is 13.5 Å². The standard InChI is InChI=1S/C22H19N5O4/c1-3-27-21(29)18-7-5-4-6-17(18)19(25-27)22(30)31-16-10-8-15(9-11-16)24-20(28)14-12-23-26(2)13-14/h4-13H,3H2,1-2H3,(H,24,28). The predicted octanol–water partition coefficient (Wildman–Crippen LogP) is 2.62. The fraction of sp³-hybridized carbons (Fsp3) is 0.136. The molecule has 9 nitrogen and oxygen atoms in total. The van der Waals surface area contributed by atoms with E-state index in [0.717, 1.165) is 0 Å². The van der Waals surface area contributed by atoms with Crippen LogP contribution < -0.4 is 15.6 Å². The minimum atomic E-state index is -0.675. The van der Waals surface area contributed by atoms with Gasteiger partial charge in [-0.05, 0) is 37.3 Å². The van der Waals surface area contributed by atoms with Crippen LogP contribution in [-0.2, 0) is 13.6 Å². The van der Waals surface area contributed by atoms with E-state index < -0.39 is 5.97 Å². The topological polar surface area (TPSA) is 108 Å². The number of aryl methyl sites for hydroxylation is 2. The maximum Gasteiger partial charge on any atom is 0.364 e. The number of aromatic nitrogens is 4. The van der Waals surface area contributed by atoms with Gasteiger partial charge in [0, 0.05) is 30.9 Å². The zero-order chi connectivity index (χ0) is 22.0. The average Bonchev–Trinajstić information content (AvgIpc) is 3.22. The molecule has 1 N–H and O–H groups in total. The van der Waals surface area contributed by atoms with Gasteiger partial charge in [0.2, 0.25) is 0 Å². The molecule has 2 aromatic heterocycles. The summed E-state index contributed by atoms with van der Waals surface area (Å²) in [6.07, 6.45) is 3.08. The van der Waals surface area contributed by atoms with Crippen LogP contribution in [0.1, 0.15) is 27.8 Å². The van der Waals surface area contributed by atoms with Crippen LogP contribution >= 0.6 is 0 Å². The molecule has 0 aliphatic rings. The highest BCUT2D eigenvalue weighted by Crippen LogP contribution is 2.20. The number of hydrogen-bond acceptors (Lipinski definition) is 6. The molecule has 0 unspecified atom stereocenters. The van der Waals surface area contributed by atoms with E-state index in [-0.39, 0.29) is 22.9 Å². The maximum atomic E-state index is 12.8. The first-order valence-electron chi connectivity index (χ1n) is 9.58. The van der Waals surface area contributed by atoms with E-state index in [0.29, 0.717) is 28.6 Å². The number of esters is 1. The van der Waals surface area contributed by atoms with Gasteiger partial charge in [-0.2, -0.15) is 10.2 Å². The summed E-state index contributed by atoms with van der Waals surface area (Å²) in [6, 6.07) is 13.2. The molecule has 9 heteroatoms. The minimum Gasteiger partial charge on any atom is -0.422 e. The van der Waals surface area contributed by atoms with Crippen LogP contribution in [0.25, 0.3) is 10.8 Å². The highest BCUT2D eigenvalue weighted by Gasteiger charge is 2.18. The number of benzene rings is 2. The van der Waals surface area contributed by atoms with E-state index in [9.17, 15) is 14.4 Å². The van der Waals surface area contributed by atoms with Gasteiger partial charge in [0.15, 0.2) is 5.69 Å². The van der Waals surface area contributed by atoms with Gasteiger partial charge in [-0.3, -0.25) is 14.3 Å². The lowest BCUT2D eigenvalue weighted by atomic mass is 10.1. The molecule has 2 heterocycles. The van der Waals surface area contributed by atoms with Crippen LogP contribution in [0.3, 0.4) is 0 Å². The van der Waals surface area contributed by atoms with Crippen molar-refractivity contribution in [3.8, 4) is 5.75 Å². The molecular formula is C22H19N5O4. The molecule has 0 aliphatic carbocycles. The van der Waals surface area contributed by atoms with Gasteiger partial charge in [0.25, 0.3) is 11.5 Å². The summed E-state index contributed by atoms with van der Waals surface area (Å²) in [7, 11) is 1.73. The third kappa shape index (κ3) is 4.06. The molecule has 0 spiro atoms. The molecule has 0 fully saturated rings. The number of nitrogens with one attached hydrogen (secondary N) is 1. The lowest BCUT2D eigenvalue weighted by Gasteiger charge is -2.10. The highest BCUT2D eigenvalue weighted by atomic mass is 16.5. The van der Waals surface area contributed by atoms with Crippen LogP contribution in [-0.4, -0.2) is 31.4 Å². The van der Waals surface area contributed by atoms with Crippen molar-refractivity contribution in [2.24, 2.45) is 7.05 Å². The third-order valence-electron chi connectivity index (χ3n) is 4.65. The van der Waals surface area contributed by atoms with Crippen molar-refractivity contribution < 1.29 is 14.3 Å². The van der Waals surface area contributed by atoms with Crippen molar-refractivity contribution in [3.63, 3.8) is 0 Å². The van der Waals surface area contributed by atoms with Gasteiger partial charge in [-0.1, -0.05) is 18.2 Å². The van der Waals surface area contributed by atoms with E-state index in [1.807, 2.05) is 0 Å². The molecule has 0 saturated heterocycles. The van der Waals surface area contributed by atoms with Crippen LogP contribution in [0.4, 0.5) is 5.69 Å². The number of ether oxygens (including phenoxy) is 1. The smallest absolute Gasteiger partial charge is 0.364 e. The molecule has 4 rings (SSSR count). The number of carbonyl (C=O) groups excluding carboxylic acids is 2.